The van der Waals surface area contributed by atoms with Gasteiger partial charge in [0, 0.05) is 25.9 Å². The predicted molar refractivity (Wildman–Crippen MR) is 53.7 cm³/mol. The molecule has 1 heterocycles. The number of aliphatic hydroxyl groups is 1. The van der Waals surface area contributed by atoms with Crippen molar-refractivity contribution in [3.8, 4) is 0 Å². The first kappa shape index (κ1) is 9.97. The van der Waals surface area contributed by atoms with Crippen LogP contribution in [0, 0.1) is 11.8 Å². The Morgan fingerprint density at radius 1 is 1.29 bits per heavy atom. The standard InChI is InChI=1S/C11H19NO2/c1-8(13)12-6-10(7-12)11(14)9-4-2-3-5-9/h9-11,14H,2-7H2,1H3. The number of hydrogen-bond acceptors (Lipinski definition) is 2. The molecular weight excluding hydrogens is 178 g/mol. The lowest BCUT2D eigenvalue weighted by molar-refractivity contribution is -0.139. The molecule has 1 unspecified atom stereocenters. The van der Waals surface area contributed by atoms with E-state index in [0.29, 0.717) is 11.8 Å². The number of aliphatic hydroxyl groups excluding tert-OH is 1. The van der Waals surface area contributed by atoms with E-state index in [1.54, 1.807) is 6.92 Å². The van der Waals surface area contributed by atoms with Crippen LogP contribution in [0.3, 0.4) is 0 Å². The number of hydrogen-bond donors (Lipinski definition) is 1. The van der Waals surface area contributed by atoms with Gasteiger partial charge >= 0.3 is 0 Å². The van der Waals surface area contributed by atoms with Gasteiger partial charge in [0.15, 0.2) is 0 Å². The molecular formula is C11H19NO2. The summed E-state index contributed by atoms with van der Waals surface area (Å²) in [5.41, 5.74) is 0. The maximum absolute atomic E-state index is 11.0. The van der Waals surface area contributed by atoms with Gasteiger partial charge in [-0.3, -0.25) is 4.79 Å². The van der Waals surface area contributed by atoms with E-state index in [9.17, 15) is 9.90 Å². The van der Waals surface area contributed by atoms with Crippen molar-refractivity contribution in [2.75, 3.05) is 13.1 Å². The Hall–Kier alpha value is -0.570. The van der Waals surface area contributed by atoms with E-state index in [4.69, 9.17) is 0 Å². The number of carbonyl (C=O) groups is 1. The van der Waals surface area contributed by atoms with Gasteiger partial charge < -0.3 is 10.0 Å². The molecule has 1 N–H and O–H groups in total. The first-order chi connectivity index (χ1) is 6.68. The molecule has 14 heavy (non-hydrogen) atoms. The molecule has 2 rings (SSSR count). The Morgan fingerprint density at radius 3 is 2.36 bits per heavy atom. The Labute approximate surface area is 85.1 Å². The van der Waals surface area contributed by atoms with Crippen molar-refractivity contribution in [2.45, 2.75) is 38.7 Å². The third-order valence-corrected chi connectivity index (χ3v) is 3.72. The summed E-state index contributed by atoms with van der Waals surface area (Å²) >= 11 is 0. The van der Waals surface area contributed by atoms with Crippen LogP contribution in [0.2, 0.25) is 0 Å². The molecule has 1 amide bonds. The molecule has 2 aliphatic rings. The molecule has 0 aromatic heterocycles. The van der Waals surface area contributed by atoms with Crippen LogP contribution in [0.5, 0.6) is 0 Å². The van der Waals surface area contributed by atoms with Crippen LogP contribution in [0.1, 0.15) is 32.6 Å². The van der Waals surface area contributed by atoms with Gasteiger partial charge in [0.25, 0.3) is 0 Å². The van der Waals surface area contributed by atoms with Gasteiger partial charge in [0.2, 0.25) is 5.91 Å². The number of amides is 1. The third kappa shape index (κ3) is 1.78. The van der Waals surface area contributed by atoms with Gasteiger partial charge in [-0.25, -0.2) is 0 Å². The van der Waals surface area contributed by atoms with Crippen molar-refractivity contribution in [2.24, 2.45) is 11.8 Å². The van der Waals surface area contributed by atoms with E-state index in [1.165, 1.54) is 25.7 Å². The van der Waals surface area contributed by atoms with Crippen molar-refractivity contribution in [1.29, 1.82) is 0 Å². The summed E-state index contributed by atoms with van der Waals surface area (Å²) in [4.78, 5) is 12.8. The summed E-state index contributed by atoms with van der Waals surface area (Å²) < 4.78 is 0. The average Bonchev–Trinajstić information content (AvgIpc) is 2.51. The molecule has 1 aliphatic heterocycles. The van der Waals surface area contributed by atoms with Crippen molar-refractivity contribution in [3.63, 3.8) is 0 Å². The van der Waals surface area contributed by atoms with Gasteiger partial charge in [-0.1, -0.05) is 12.8 Å². The number of likely N-dealkylation sites (tertiary alicyclic amines) is 1. The first-order valence-electron chi connectivity index (χ1n) is 5.62. The second kappa shape index (κ2) is 3.89. The highest BCUT2D eigenvalue weighted by Gasteiger charge is 2.38. The summed E-state index contributed by atoms with van der Waals surface area (Å²) in [5, 5.41) is 10.0. The van der Waals surface area contributed by atoms with E-state index in [-0.39, 0.29) is 12.0 Å². The highest BCUT2D eigenvalue weighted by Crippen LogP contribution is 2.33. The second-order valence-corrected chi connectivity index (χ2v) is 4.72. The maximum Gasteiger partial charge on any atom is 0.219 e. The zero-order valence-corrected chi connectivity index (χ0v) is 8.78. The third-order valence-electron chi connectivity index (χ3n) is 3.72. The fraction of sp³-hybridized carbons (Fsp3) is 0.909. The Balaban J connectivity index is 1.78. The Morgan fingerprint density at radius 2 is 1.86 bits per heavy atom. The minimum Gasteiger partial charge on any atom is -0.392 e. The molecule has 2 fully saturated rings. The number of rotatable bonds is 2. The molecule has 0 spiro atoms. The lowest BCUT2D eigenvalue weighted by Gasteiger charge is -2.42. The average molecular weight is 197 g/mol. The normalized spacial score (nSPS) is 26.3. The molecule has 0 bridgehead atoms. The molecule has 1 atom stereocenters. The predicted octanol–water partition coefficient (Wildman–Crippen LogP) is 1.02. The molecule has 0 aromatic rings. The van der Waals surface area contributed by atoms with Crippen LogP contribution in [0.4, 0.5) is 0 Å². The van der Waals surface area contributed by atoms with Crippen LogP contribution < -0.4 is 0 Å². The molecule has 0 aromatic carbocycles. The minimum absolute atomic E-state index is 0.139. The number of carbonyl (C=O) groups excluding carboxylic acids is 1. The first-order valence-corrected chi connectivity index (χ1v) is 5.62. The van der Waals surface area contributed by atoms with Crippen LogP contribution in [-0.4, -0.2) is 35.1 Å². The van der Waals surface area contributed by atoms with Crippen LogP contribution in [0.15, 0.2) is 0 Å². The topological polar surface area (TPSA) is 40.5 Å². The fourth-order valence-electron chi connectivity index (χ4n) is 2.67. The number of nitrogens with zero attached hydrogens (tertiary/aromatic N) is 1. The molecule has 3 nitrogen and oxygen atoms in total. The summed E-state index contributed by atoms with van der Waals surface area (Å²) in [6, 6.07) is 0. The lowest BCUT2D eigenvalue weighted by atomic mass is 9.84. The highest BCUT2D eigenvalue weighted by atomic mass is 16.3. The highest BCUT2D eigenvalue weighted by molar-refractivity contribution is 5.74. The van der Waals surface area contributed by atoms with Gasteiger partial charge in [0.05, 0.1) is 6.10 Å². The van der Waals surface area contributed by atoms with Gasteiger partial charge in [-0.2, -0.15) is 0 Å². The van der Waals surface area contributed by atoms with E-state index in [0.717, 1.165) is 13.1 Å². The Bertz CT molecular complexity index is 217. The Kier molecular flexibility index (Phi) is 2.77. The fourth-order valence-corrected chi connectivity index (χ4v) is 2.67. The van der Waals surface area contributed by atoms with Gasteiger partial charge in [-0.15, -0.1) is 0 Å². The summed E-state index contributed by atoms with van der Waals surface area (Å²) in [6.07, 6.45) is 4.73. The zero-order valence-electron chi connectivity index (χ0n) is 8.78. The van der Waals surface area contributed by atoms with Gasteiger partial charge in [-0.05, 0) is 18.8 Å². The molecule has 80 valence electrons. The summed E-state index contributed by atoms with van der Waals surface area (Å²) in [6.45, 7) is 3.14. The van der Waals surface area contributed by atoms with E-state index in [2.05, 4.69) is 0 Å². The van der Waals surface area contributed by atoms with E-state index >= 15 is 0 Å². The van der Waals surface area contributed by atoms with Crippen molar-refractivity contribution < 1.29 is 9.90 Å². The largest absolute Gasteiger partial charge is 0.392 e. The van der Waals surface area contributed by atoms with E-state index < -0.39 is 0 Å². The molecule has 0 radical (unpaired) electrons. The van der Waals surface area contributed by atoms with Crippen molar-refractivity contribution in [3.05, 3.63) is 0 Å². The molecule has 1 aliphatic carbocycles. The van der Waals surface area contributed by atoms with Crippen molar-refractivity contribution in [1.82, 2.24) is 4.90 Å². The SMILES string of the molecule is CC(=O)N1CC(C(O)C2CCCC2)C1. The van der Waals surface area contributed by atoms with E-state index in [1.807, 2.05) is 4.90 Å². The molecule has 1 saturated heterocycles. The summed E-state index contributed by atoms with van der Waals surface area (Å²) in [5.74, 6) is 0.996. The maximum atomic E-state index is 11.0. The van der Waals surface area contributed by atoms with Crippen molar-refractivity contribution >= 4 is 5.91 Å². The molecule has 1 saturated carbocycles. The van der Waals surface area contributed by atoms with Crippen LogP contribution >= 0.6 is 0 Å². The smallest absolute Gasteiger partial charge is 0.219 e. The summed E-state index contributed by atoms with van der Waals surface area (Å²) in [7, 11) is 0. The van der Waals surface area contributed by atoms with Crippen LogP contribution in [-0.2, 0) is 4.79 Å². The second-order valence-electron chi connectivity index (χ2n) is 4.72. The monoisotopic (exact) mass is 197 g/mol. The quantitative estimate of drug-likeness (QED) is 0.718. The van der Waals surface area contributed by atoms with Gasteiger partial charge in [0.1, 0.15) is 0 Å². The molecule has 3 heteroatoms. The van der Waals surface area contributed by atoms with Crippen LogP contribution in [0.25, 0.3) is 0 Å². The lowest BCUT2D eigenvalue weighted by Crippen LogP contribution is -2.54. The zero-order chi connectivity index (χ0) is 10.1. The minimum atomic E-state index is -0.159.